The number of carbonyl (C=O) groups is 1. The monoisotopic (exact) mass is 409 g/mol. The molecule has 1 unspecified atom stereocenters. The smallest absolute Gasteiger partial charge is 0.254 e. The van der Waals surface area contributed by atoms with E-state index in [0.29, 0.717) is 29.2 Å². The molecule has 1 saturated heterocycles. The molecule has 6 nitrogen and oxygen atoms in total. The largest absolute Gasteiger partial charge is 0.336 e. The second-order valence-electron chi connectivity index (χ2n) is 8.19. The molecule has 30 heavy (non-hydrogen) atoms. The molecule has 3 heterocycles. The Morgan fingerprint density at radius 3 is 2.77 bits per heavy atom. The number of nitrogens with zero attached hydrogens (tertiary/aromatic N) is 4. The molecule has 1 aromatic carbocycles. The third-order valence-corrected chi connectivity index (χ3v) is 5.96. The highest BCUT2D eigenvalue weighted by Crippen LogP contribution is 2.33. The zero-order valence-electron chi connectivity index (χ0n) is 17.9. The molecule has 1 aliphatic heterocycles. The fourth-order valence-corrected chi connectivity index (χ4v) is 4.31. The van der Waals surface area contributed by atoms with Crippen LogP contribution in [0.25, 0.3) is 16.8 Å². The minimum Gasteiger partial charge on any atom is -0.336 e. The van der Waals surface area contributed by atoms with Crippen LogP contribution in [0.3, 0.4) is 0 Å². The number of carbonyl (C=O) groups excluding carboxylic acids is 1. The van der Waals surface area contributed by atoms with Crippen molar-refractivity contribution < 1.29 is 9.18 Å². The predicted molar refractivity (Wildman–Crippen MR) is 115 cm³/mol. The van der Waals surface area contributed by atoms with Crippen molar-refractivity contribution in [1.82, 2.24) is 24.8 Å². The number of amides is 1. The van der Waals surface area contributed by atoms with Crippen molar-refractivity contribution in [3.63, 3.8) is 0 Å². The number of pyridine rings is 1. The van der Waals surface area contributed by atoms with E-state index in [4.69, 9.17) is 0 Å². The SMILES string of the molecule is CCN(C(=O)c1cc(F)ccc1-c1cc(C2CCNC2)cn2c(C)nnc12)C(C)C. The number of aryl methyl sites for hydroxylation is 1. The highest BCUT2D eigenvalue weighted by molar-refractivity contribution is 6.02. The molecule has 3 aromatic rings. The molecule has 0 aliphatic carbocycles. The summed E-state index contributed by atoms with van der Waals surface area (Å²) in [5.74, 6) is 0.569. The van der Waals surface area contributed by atoms with Gasteiger partial charge in [-0.05, 0) is 75.9 Å². The Hall–Kier alpha value is -2.80. The lowest BCUT2D eigenvalue weighted by Gasteiger charge is -2.26. The lowest BCUT2D eigenvalue weighted by atomic mass is 9.93. The first-order valence-electron chi connectivity index (χ1n) is 10.6. The Balaban J connectivity index is 1.93. The summed E-state index contributed by atoms with van der Waals surface area (Å²) in [5, 5.41) is 12.0. The van der Waals surface area contributed by atoms with Gasteiger partial charge in [-0.25, -0.2) is 4.39 Å². The molecule has 4 rings (SSSR count). The van der Waals surface area contributed by atoms with E-state index in [0.717, 1.165) is 30.9 Å². The third kappa shape index (κ3) is 3.58. The Morgan fingerprint density at radius 2 is 2.10 bits per heavy atom. The van der Waals surface area contributed by atoms with Crippen LogP contribution >= 0.6 is 0 Å². The number of rotatable bonds is 5. The fourth-order valence-electron chi connectivity index (χ4n) is 4.31. The van der Waals surface area contributed by atoms with Crippen LogP contribution in [-0.4, -0.2) is 51.1 Å². The lowest BCUT2D eigenvalue weighted by Crippen LogP contribution is -2.37. The first kappa shape index (κ1) is 20.5. The van der Waals surface area contributed by atoms with Crippen molar-refractivity contribution in [3.05, 3.63) is 53.2 Å². The molecule has 1 N–H and O–H groups in total. The van der Waals surface area contributed by atoms with E-state index in [1.54, 1.807) is 11.0 Å². The number of halogens is 1. The summed E-state index contributed by atoms with van der Waals surface area (Å²) < 4.78 is 16.2. The lowest BCUT2D eigenvalue weighted by molar-refractivity contribution is 0.0717. The summed E-state index contributed by atoms with van der Waals surface area (Å²) in [6.07, 6.45) is 3.14. The zero-order valence-corrected chi connectivity index (χ0v) is 17.9. The first-order valence-corrected chi connectivity index (χ1v) is 10.6. The van der Waals surface area contributed by atoms with Crippen LogP contribution in [0.4, 0.5) is 4.39 Å². The van der Waals surface area contributed by atoms with Crippen LogP contribution in [0.1, 0.15) is 54.9 Å². The van der Waals surface area contributed by atoms with Crippen LogP contribution in [-0.2, 0) is 0 Å². The predicted octanol–water partition coefficient (Wildman–Crippen LogP) is 3.79. The first-order chi connectivity index (χ1) is 14.4. The summed E-state index contributed by atoms with van der Waals surface area (Å²) in [6, 6.07) is 6.54. The average molecular weight is 410 g/mol. The van der Waals surface area contributed by atoms with Gasteiger partial charge in [-0.1, -0.05) is 6.07 Å². The van der Waals surface area contributed by atoms with Crippen molar-refractivity contribution in [2.75, 3.05) is 19.6 Å². The van der Waals surface area contributed by atoms with Crippen LogP contribution in [0.5, 0.6) is 0 Å². The van der Waals surface area contributed by atoms with Crippen molar-refractivity contribution in [2.24, 2.45) is 0 Å². The van der Waals surface area contributed by atoms with Gasteiger partial charge in [-0.2, -0.15) is 0 Å². The van der Waals surface area contributed by atoms with Crippen LogP contribution in [0.2, 0.25) is 0 Å². The summed E-state index contributed by atoms with van der Waals surface area (Å²) in [6.45, 7) is 10.2. The molecule has 2 aromatic heterocycles. The highest BCUT2D eigenvalue weighted by Gasteiger charge is 2.25. The number of fused-ring (bicyclic) bond motifs is 1. The molecular weight excluding hydrogens is 381 g/mol. The Labute approximate surface area is 176 Å². The van der Waals surface area contributed by atoms with Crippen molar-refractivity contribution >= 4 is 11.6 Å². The van der Waals surface area contributed by atoms with E-state index in [9.17, 15) is 9.18 Å². The number of hydrogen-bond donors (Lipinski definition) is 1. The molecule has 0 bridgehead atoms. The van der Waals surface area contributed by atoms with Gasteiger partial charge in [0.25, 0.3) is 5.91 Å². The Morgan fingerprint density at radius 1 is 1.30 bits per heavy atom. The van der Waals surface area contributed by atoms with Gasteiger partial charge >= 0.3 is 0 Å². The van der Waals surface area contributed by atoms with Gasteiger partial charge in [0, 0.05) is 30.9 Å². The van der Waals surface area contributed by atoms with Gasteiger partial charge in [0.05, 0.1) is 5.56 Å². The molecule has 158 valence electrons. The average Bonchev–Trinajstić information content (AvgIpc) is 3.38. The Kier molecular flexibility index (Phi) is 5.56. The molecule has 0 radical (unpaired) electrons. The molecule has 7 heteroatoms. The quantitative estimate of drug-likeness (QED) is 0.696. The number of aromatic nitrogens is 3. The highest BCUT2D eigenvalue weighted by atomic mass is 19.1. The molecule has 1 atom stereocenters. The maximum atomic E-state index is 14.2. The molecule has 1 fully saturated rings. The van der Waals surface area contributed by atoms with Crippen molar-refractivity contribution in [3.8, 4) is 11.1 Å². The van der Waals surface area contributed by atoms with Gasteiger partial charge < -0.3 is 10.2 Å². The van der Waals surface area contributed by atoms with Gasteiger partial charge in [-0.15, -0.1) is 10.2 Å². The van der Waals surface area contributed by atoms with Crippen LogP contribution in [0.15, 0.2) is 30.5 Å². The molecule has 1 aliphatic rings. The minimum absolute atomic E-state index is 0.0184. The van der Waals surface area contributed by atoms with E-state index >= 15 is 0 Å². The number of hydrogen-bond acceptors (Lipinski definition) is 4. The van der Waals surface area contributed by atoms with E-state index in [1.807, 2.05) is 32.1 Å². The van der Waals surface area contributed by atoms with E-state index in [1.165, 1.54) is 17.7 Å². The standard InChI is InChI=1S/C23H28FN5O/c1-5-28(14(2)3)23(30)21-11-18(24)6-7-19(21)20-10-17(16-8-9-25-12-16)13-29-15(4)26-27-22(20)29/h6-7,10-11,13-14,16,25H,5,8-9,12H2,1-4H3. The second-order valence-corrected chi connectivity index (χ2v) is 8.19. The minimum atomic E-state index is -0.424. The third-order valence-electron chi connectivity index (χ3n) is 5.96. The molecule has 0 spiro atoms. The summed E-state index contributed by atoms with van der Waals surface area (Å²) in [7, 11) is 0. The van der Waals surface area contributed by atoms with Crippen molar-refractivity contribution in [1.29, 1.82) is 0 Å². The summed E-state index contributed by atoms with van der Waals surface area (Å²) in [4.78, 5) is 15.1. The topological polar surface area (TPSA) is 62.5 Å². The normalized spacial score (nSPS) is 16.5. The summed E-state index contributed by atoms with van der Waals surface area (Å²) >= 11 is 0. The molecule has 0 saturated carbocycles. The van der Waals surface area contributed by atoms with Gasteiger partial charge in [0.15, 0.2) is 5.65 Å². The van der Waals surface area contributed by atoms with Gasteiger partial charge in [0.2, 0.25) is 0 Å². The van der Waals surface area contributed by atoms with E-state index in [-0.39, 0.29) is 11.9 Å². The van der Waals surface area contributed by atoms with Gasteiger partial charge in [0.1, 0.15) is 11.6 Å². The number of benzene rings is 1. The summed E-state index contributed by atoms with van der Waals surface area (Å²) in [5.41, 5.74) is 3.70. The second kappa shape index (κ2) is 8.14. The van der Waals surface area contributed by atoms with Crippen molar-refractivity contribution in [2.45, 2.75) is 46.1 Å². The maximum absolute atomic E-state index is 14.2. The van der Waals surface area contributed by atoms with Gasteiger partial charge in [-0.3, -0.25) is 9.20 Å². The van der Waals surface area contributed by atoms with Crippen LogP contribution in [0, 0.1) is 12.7 Å². The van der Waals surface area contributed by atoms with Crippen LogP contribution < -0.4 is 5.32 Å². The van der Waals surface area contributed by atoms with E-state index in [2.05, 4.69) is 27.8 Å². The Bertz CT molecular complexity index is 1080. The van der Waals surface area contributed by atoms with E-state index < -0.39 is 5.82 Å². The molecular formula is C23H28FN5O. The fraction of sp³-hybridized carbons (Fsp3) is 0.435. The maximum Gasteiger partial charge on any atom is 0.254 e. The molecule has 1 amide bonds. The zero-order chi connectivity index (χ0) is 21.4. The number of nitrogens with one attached hydrogen (secondary N) is 1.